The largest absolute Gasteiger partial charge is 0.497 e. The van der Waals surface area contributed by atoms with Crippen molar-refractivity contribution in [3.05, 3.63) is 41.2 Å². The predicted molar refractivity (Wildman–Crippen MR) is 96.7 cm³/mol. The second kappa shape index (κ2) is 7.88. The highest BCUT2D eigenvalue weighted by molar-refractivity contribution is 5.78. The number of rotatable bonds is 5. The molecule has 1 aliphatic heterocycles. The second-order valence-corrected chi connectivity index (χ2v) is 6.31. The van der Waals surface area contributed by atoms with E-state index in [-0.39, 0.29) is 18.6 Å². The maximum atomic E-state index is 12.5. The molecule has 0 bridgehead atoms. The number of methoxy groups -OCH3 is 2. The molecular weight excluding hydrogens is 334 g/mol. The number of ether oxygens (including phenoxy) is 3. The average molecular weight is 359 g/mol. The Hall–Kier alpha value is -2.38. The van der Waals surface area contributed by atoms with Gasteiger partial charge in [-0.05, 0) is 26.0 Å². The maximum absolute atomic E-state index is 12.5. The van der Waals surface area contributed by atoms with Gasteiger partial charge in [-0.25, -0.2) is 4.68 Å². The van der Waals surface area contributed by atoms with Gasteiger partial charge in [-0.2, -0.15) is 5.10 Å². The van der Waals surface area contributed by atoms with Gasteiger partial charge in [-0.1, -0.05) is 6.07 Å². The number of benzene rings is 1. The van der Waals surface area contributed by atoms with E-state index >= 15 is 0 Å². The van der Waals surface area contributed by atoms with Gasteiger partial charge in [0.15, 0.2) is 0 Å². The molecule has 0 saturated carbocycles. The molecule has 1 aromatic carbocycles. The molecule has 1 saturated heterocycles. The molecule has 2 heterocycles. The van der Waals surface area contributed by atoms with Crippen LogP contribution in [0.5, 0.6) is 5.75 Å². The highest BCUT2D eigenvalue weighted by Crippen LogP contribution is 2.31. The first-order valence-corrected chi connectivity index (χ1v) is 8.63. The third kappa shape index (κ3) is 3.45. The molecule has 0 unspecified atom stereocenters. The van der Waals surface area contributed by atoms with Crippen molar-refractivity contribution in [3.8, 4) is 11.4 Å². The SMILES string of the molecule is COCC(=O)N1CCOC[C@H]1c1c(C)nn(-c2cccc(OC)c2)c1C. The zero-order chi connectivity index (χ0) is 18.7. The summed E-state index contributed by atoms with van der Waals surface area (Å²) in [5, 5.41) is 4.71. The first-order chi connectivity index (χ1) is 12.6. The minimum absolute atomic E-state index is 0.0336. The van der Waals surface area contributed by atoms with E-state index in [1.165, 1.54) is 7.11 Å². The van der Waals surface area contributed by atoms with Crippen LogP contribution in [0.4, 0.5) is 0 Å². The Bertz CT molecular complexity index is 787. The van der Waals surface area contributed by atoms with Crippen molar-refractivity contribution in [2.45, 2.75) is 19.9 Å². The van der Waals surface area contributed by atoms with Crippen LogP contribution in [0.2, 0.25) is 0 Å². The summed E-state index contributed by atoms with van der Waals surface area (Å²) in [6.07, 6.45) is 0. The van der Waals surface area contributed by atoms with Crippen LogP contribution in [0.15, 0.2) is 24.3 Å². The Morgan fingerprint density at radius 1 is 1.35 bits per heavy atom. The standard InChI is InChI=1S/C19H25N3O4/c1-13-19(17-11-26-9-8-21(17)18(23)12-24-3)14(2)22(20-13)15-6-5-7-16(10-15)25-4/h5-7,10,17H,8-9,11-12H2,1-4H3/t17-/m0/s1. The Labute approximate surface area is 153 Å². The van der Waals surface area contributed by atoms with Crippen molar-refractivity contribution in [3.63, 3.8) is 0 Å². The molecule has 3 rings (SSSR count). The van der Waals surface area contributed by atoms with Gasteiger partial charge in [0.2, 0.25) is 5.91 Å². The fourth-order valence-electron chi connectivity index (χ4n) is 3.48. The number of aryl methyl sites for hydroxylation is 1. The van der Waals surface area contributed by atoms with Crippen LogP contribution in [0.1, 0.15) is 23.0 Å². The van der Waals surface area contributed by atoms with E-state index in [4.69, 9.17) is 19.3 Å². The summed E-state index contributed by atoms with van der Waals surface area (Å²) in [5.74, 6) is 0.739. The van der Waals surface area contributed by atoms with Crippen molar-refractivity contribution in [2.75, 3.05) is 40.6 Å². The average Bonchev–Trinajstić information content (AvgIpc) is 2.96. The summed E-state index contributed by atoms with van der Waals surface area (Å²) in [5.41, 5.74) is 3.82. The van der Waals surface area contributed by atoms with Crippen molar-refractivity contribution in [1.29, 1.82) is 0 Å². The lowest BCUT2D eigenvalue weighted by molar-refractivity contribution is -0.144. The Morgan fingerprint density at radius 3 is 2.88 bits per heavy atom. The molecule has 0 radical (unpaired) electrons. The number of nitrogens with zero attached hydrogens (tertiary/aromatic N) is 3. The first kappa shape index (κ1) is 18.4. The molecule has 7 nitrogen and oxygen atoms in total. The molecule has 7 heteroatoms. The Kier molecular flexibility index (Phi) is 5.58. The highest BCUT2D eigenvalue weighted by Gasteiger charge is 2.32. The van der Waals surface area contributed by atoms with Crippen molar-refractivity contribution in [2.24, 2.45) is 0 Å². The molecule has 0 N–H and O–H groups in total. The predicted octanol–water partition coefficient (Wildman–Crippen LogP) is 2.04. The molecule has 26 heavy (non-hydrogen) atoms. The first-order valence-electron chi connectivity index (χ1n) is 8.63. The normalized spacial score (nSPS) is 17.4. The number of morpholine rings is 1. The van der Waals surface area contributed by atoms with E-state index in [0.717, 1.165) is 28.4 Å². The molecule has 1 atom stereocenters. The lowest BCUT2D eigenvalue weighted by Gasteiger charge is -2.36. The van der Waals surface area contributed by atoms with Crippen molar-refractivity contribution in [1.82, 2.24) is 14.7 Å². The number of hydrogen-bond donors (Lipinski definition) is 0. The van der Waals surface area contributed by atoms with E-state index in [2.05, 4.69) is 0 Å². The summed E-state index contributed by atoms with van der Waals surface area (Å²) in [7, 11) is 3.18. The van der Waals surface area contributed by atoms with Crippen LogP contribution in [0, 0.1) is 13.8 Å². The van der Waals surface area contributed by atoms with Crippen molar-refractivity contribution >= 4 is 5.91 Å². The number of amides is 1. The molecule has 1 aliphatic rings. The molecule has 0 spiro atoms. The Morgan fingerprint density at radius 2 is 2.15 bits per heavy atom. The zero-order valence-corrected chi connectivity index (χ0v) is 15.7. The summed E-state index contributed by atoms with van der Waals surface area (Å²) in [6, 6.07) is 7.59. The lowest BCUT2D eigenvalue weighted by Crippen LogP contribution is -2.45. The van der Waals surface area contributed by atoms with Gasteiger partial charge in [-0.15, -0.1) is 0 Å². The Balaban J connectivity index is 1.99. The minimum atomic E-state index is -0.161. The number of carbonyl (C=O) groups is 1. The molecular formula is C19H25N3O4. The third-order valence-electron chi connectivity index (χ3n) is 4.70. The van der Waals surface area contributed by atoms with Crippen LogP contribution in [-0.4, -0.2) is 61.2 Å². The van der Waals surface area contributed by atoms with Gasteiger partial charge in [0.05, 0.1) is 37.7 Å². The van der Waals surface area contributed by atoms with Crippen LogP contribution in [0.25, 0.3) is 5.69 Å². The van der Waals surface area contributed by atoms with E-state index in [9.17, 15) is 4.79 Å². The van der Waals surface area contributed by atoms with E-state index in [1.54, 1.807) is 7.11 Å². The fourth-order valence-corrected chi connectivity index (χ4v) is 3.48. The maximum Gasteiger partial charge on any atom is 0.249 e. The number of carbonyl (C=O) groups excluding carboxylic acids is 1. The third-order valence-corrected chi connectivity index (χ3v) is 4.70. The molecule has 140 valence electrons. The lowest BCUT2D eigenvalue weighted by atomic mass is 10.0. The van der Waals surface area contributed by atoms with Crippen LogP contribution in [-0.2, 0) is 14.3 Å². The summed E-state index contributed by atoms with van der Waals surface area (Å²) >= 11 is 0. The topological polar surface area (TPSA) is 65.8 Å². The molecule has 0 aliphatic carbocycles. The fraction of sp³-hybridized carbons (Fsp3) is 0.474. The van der Waals surface area contributed by atoms with Crippen LogP contribution < -0.4 is 4.74 Å². The van der Waals surface area contributed by atoms with Gasteiger partial charge < -0.3 is 19.1 Å². The van der Waals surface area contributed by atoms with Gasteiger partial charge >= 0.3 is 0 Å². The number of aromatic nitrogens is 2. The summed E-state index contributed by atoms with van der Waals surface area (Å²) < 4.78 is 17.9. The van der Waals surface area contributed by atoms with Gasteiger partial charge in [-0.3, -0.25) is 4.79 Å². The summed E-state index contributed by atoms with van der Waals surface area (Å²) in [6.45, 7) is 5.60. The molecule has 1 fully saturated rings. The van der Waals surface area contributed by atoms with E-state index < -0.39 is 0 Å². The summed E-state index contributed by atoms with van der Waals surface area (Å²) in [4.78, 5) is 14.3. The highest BCUT2D eigenvalue weighted by atomic mass is 16.5. The van der Waals surface area contributed by atoms with Crippen molar-refractivity contribution < 1.29 is 19.0 Å². The molecule has 1 aromatic heterocycles. The van der Waals surface area contributed by atoms with Crippen LogP contribution in [0.3, 0.4) is 0 Å². The van der Waals surface area contributed by atoms with Gasteiger partial charge in [0, 0.05) is 31.0 Å². The molecule has 2 aromatic rings. The monoisotopic (exact) mass is 359 g/mol. The quantitative estimate of drug-likeness (QED) is 0.817. The smallest absolute Gasteiger partial charge is 0.249 e. The second-order valence-electron chi connectivity index (χ2n) is 6.31. The number of hydrogen-bond acceptors (Lipinski definition) is 5. The van der Waals surface area contributed by atoms with Gasteiger partial charge in [0.25, 0.3) is 0 Å². The minimum Gasteiger partial charge on any atom is -0.497 e. The van der Waals surface area contributed by atoms with Crippen LogP contribution >= 0.6 is 0 Å². The van der Waals surface area contributed by atoms with E-state index in [0.29, 0.717) is 19.8 Å². The zero-order valence-electron chi connectivity index (χ0n) is 15.7. The van der Waals surface area contributed by atoms with Gasteiger partial charge in [0.1, 0.15) is 12.4 Å². The molecule has 1 amide bonds. The van der Waals surface area contributed by atoms with E-state index in [1.807, 2.05) is 47.7 Å².